The molecule has 0 radical (unpaired) electrons. The van der Waals surface area contributed by atoms with E-state index in [4.69, 9.17) is 4.74 Å². The molecule has 2 N–H and O–H groups in total. The lowest BCUT2D eigenvalue weighted by molar-refractivity contribution is -0.139. The third kappa shape index (κ3) is 7.28. The van der Waals surface area contributed by atoms with Crippen molar-refractivity contribution in [3.63, 3.8) is 0 Å². The Kier molecular flexibility index (Phi) is 9.94. The average Bonchev–Trinajstić information content (AvgIpc) is 3.14. The molecule has 4 atom stereocenters. The van der Waals surface area contributed by atoms with Crippen LogP contribution in [0.3, 0.4) is 0 Å². The van der Waals surface area contributed by atoms with E-state index in [1.807, 2.05) is 19.1 Å². The summed E-state index contributed by atoms with van der Waals surface area (Å²) in [6.07, 6.45) is 11.3. The normalized spacial score (nSPS) is 26.0. The maximum absolute atomic E-state index is 11.4. The van der Waals surface area contributed by atoms with Gasteiger partial charge in [-0.3, -0.25) is 4.79 Å². The van der Waals surface area contributed by atoms with Crippen molar-refractivity contribution in [1.82, 2.24) is 0 Å². The summed E-state index contributed by atoms with van der Waals surface area (Å²) in [6.45, 7) is 4.44. The second-order valence-corrected chi connectivity index (χ2v) is 8.91. The molecule has 2 rings (SSSR count). The van der Waals surface area contributed by atoms with Gasteiger partial charge in [-0.15, -0.1) is 0 Å². The fourth-order valence-corrected chi connectivity index (χ4v) is 5.16. The third-order valence-corrected chi connectivity index (χ3v) is 6.62. The molecule has 4 nitrogen and oxygen atoms in total. The number of thioether (sulfide) groups is 1. The van der Waals surface area contributed by atoms with Crippen LogP contribution in [0.1, 0.15) is 65.2 Å². The van der Waals surface area contributed by atoms with E-state index in [-0.39, 0.29) is 12.1 Å². The second-order valence-electron chi connectivity index (χ2n) is 7.80. The van der Waals surface area contributed by atoms with Gasteiger partial charge in [0.2, 0.25) is 0 Å². The van der Waals surface area contributed by atoms with Crippen molar-refractivity contribution < 1.29 is 19.7 Å². The first kappa shape index (κ1) is 22.5. The van der Waals surface area contributed by atoms with Gasteiger partial charge in [-0.2, -0.15) is 11.8 Å². The van der Waals surface area contributed by atoms with E-state index < -0.39 is 6.10 Å². The lowest BCUT2D eigenvalue weighted by atomic mass is 9.99. The highest BCUT2D eigenvalue weighted by Gasteiger charge is 2.38. The molecule has 1 fully saturated rings. The van der Waals surface area contributed by atoms with E-state index >= 15 is 0 Å². The highest BCUT2D eigenvalue weighted by Crippen LogP contribution is 2.48. The number of hydrogen-bond acceptors (Lipinski definition) is 5. The molecule has 154 valence electrons. The van der Waals surface area contributed by atoms with E-state index in [1.54, 1.807) is 11.8 Å². The average molecular weight is 397 g/mol. The fourth-order valence-electron chi connectivity index (χ4n) is 4.27. The molecule has 2 aliphatic carbocycles. The summed E-state index contributed by atoms with van der Waals surface area (Å²) in [6, 6.07) is 0. The molecule has 0 spiro atoms. The standard InChI is InChI=1S/C22H36O4S/c1-3-5-6-7-18(23)8-9-19-20-13-16(12-17(20)14-21(19)24)10-11-27-15-22(25)26-4-2/h8-9,16-18,21,23-24H,3-7,10-15H2,1-2H3/t16-,17+,18?,21-/m1/s1. The molecule has 0 saturated heterocycles. The Morgan fingerprint density at radius 2 is 2.15 bits per heavy atom. The summed E-state index contributed by atoms with van der Waals surface area (Å²) < 4.78 is 4.95. The van der Waals surface area contributed by atoms with Gasteiger partial charge in [-0.1, -0.05) is 43.9 Å². The number of aliphatic hydroxyl groups is 2. The van der Waals surface area contributed by atoms with Crippen LogP contribution in [0.4, 0.5) is 0 Å². The molecule has 5 heteroatoms. The molecule has 0 aliphatic heterocycles. The minimum atomic E-state index is -0.410. The first-order valence-electron chi connectivity index (χ1n) is 10.6. The maximum Gasteiger partial charge on any atom is 0.315 e. The van der Waals surface area contributed by atoms with Gasteiger partial charge in [0, 0.05) is 0 Å². The summed E-state index contributed by atoms with van der Waals surface area (Å²) in [5.74, 6) is 2.44. The van der Waals surface area contributed by atoms with Crippen molar-refractivity contribution in [2.75, 3.05) is 18.1 Å². The zero-order chi connectivity index (χ0) is 19.6. The Morgan fingerprint density at radius 3 is 2.89 bits per heavy atom. The van der Waals surface area contributed by atoms with Crippen LogP contribution in [0.25, 0.3) is 0 Å². The van der Waals surface area contributed by atoms with Crippen LogP contribution >= 0.6 is 11.8 Å². The maximum atomic E-state index is 11.4. The number of rotatable bonds is 12. The van der Waals surface area contributed by atoms with E-state index in [1.165, 1.54) is 5.57 Å². The predicted molar refractivity (Wildman–Crippen MR) is 112 cm³/mol. The van der Waals surface area contributed by atoms with Gasteiger partial charge in [0.1, 0.15) is 0 Å². The molecule has 0 aromatic heterocycles. The van der Waals surface area contributed by atoms with E-state index in [2.05, 4.69) is 6.92 Å². The van der Waals surface area contributed by atoms with Crippen LogP contribution in [0.15, 0.2) is 23.3 Å². The predicted octanol–water partition coefficient (Wildman–Crippen LogP) is 4.26. The minimum absolute atomic E-state index is 0.124. The van der Waals surface area contributed by atoms with Crippen molar-refractivity contribution in [1.29, 1.82) is 0 Å². The molecule has 0 heterocycles. The zero-order valence-corrected chi connectivity index (χ0v) is 17.7. The van der Waals surface area contributed by atoms with Crippen LogP contribution < -0.4 is 0 Å². The van der Waals surface area contributed by atoms with Gasteiger partial charge < -0.3 is 14.9 Å². The molecular weight excluding hydrogens is 360 g/mol. The number of allylic oxidation sites excluding steroid dienone is 1. The molecule has 27 heavy (non-hydrogen) atoms. The number of carbonyl (C=O) groups is 1. The molecule has 0 amide bonds. The first-order chi connectivity index (χ1) is 13.0. The van der Waals surface area contributed by atoms with E-state index in [9.17, 15) is 15.0 Å². The van der Waals surface area contributed by atoms with Crippen LogP contribution in [-0.4, -0.2) is 46.5 Å². The fraction of sp³-hybridized carbons (Fsp3) is 0.773. The van der Waals surface area contributed by atoms with Crippen LogP contribution in [0.5, 0.6) is 0 Å². The van der Waals surface area contributed by atoms with Gasteiger partial charge in [0.15, 0.2) is 0 Å². The van der Waals surface area contributed by atoms with Crippen LogP contribution in [-0.2, 0) is 9.53 Å². The smallest absolute Gasteiger partial charge is 0.315 e. The van der Waals surface area contributed by atoms with Crippen molar-refractivity contribution in [3.8, 4) is 0 Å². The monoisotopic (exact) mass is 396 g/mol. The van der Waals surface area contributed by atoms with Gasteiger partial charge in [0.25, 0.3) is 0 Å². The number of carbonyl (C=O) groups excluding carboxylic acids is 1. The summed E-state index contributed by atoms with van der Waals surface area (Å²) in [7, 11) is 0. The summed E-state index contributed by atoms with van der Waals surface area (Å²) in [4.78, 5) is 11.4. The number of ether oxygens (including phenoxy) is 1. The number of aliphatic hydroxyl groups excluding tert-OH is 2. The number of esters is 1. The van der Waals surface area contributed by atoms with Gasteiger partial charge in [0.05, 0.1) is 24.6 Å². The molecule has 1 saturated carbocycles. The molecule has 2 aliphatic rings. The lowest BCUT2D eigenvalue weighted by Gasteiger charge is -2.12. The second kappa shape index (κ2) is 11.9. The quantitative estimate of drug-likeness (QED) is 0.381. The topological polar surface area (TPSA) is 66.8 Å². The minimum Gasteiger partial charge on any atom is -0.465 e. The highest BCUT2D eigenvalue weighted by molar-refractivity contribution is 7.99. The molecule has 0 bridgehead atoms. The van der Waals surface area contributed by atoms with Crippen LogP contribution in [0.2, 0.25) is 0 Å². The van der Waals surface area contributed by atoms with Gasteiger partial charge >= 0.3 is 5.97 Å². The van der Waals surface area contributed by atoms with Crippen molar-refractivity contribution >= 4 is 17.7 Å². The van der Waals surface area contributed by atoms with Crippen molar-refractivity contribution in [2.24, 2.45) is 11.8 Å². The Labute approximate surface area is 168 Å². The summed E-state index contributed by atoms with van der Waals surface area (Å²) in [5, 5.41) is 20.5. The molecule has 0 aromatic carbocycles. The van der Waals surface area contributed by atoms with E-state index in [0.717, 1.165) is 62.7 Å². The number of unbranched alkanes of at least 4 members (excludes halogenated alkanes) is 2. The Morgan fingerprint density at radius 1 is 1.33 bits per heavy atom. The SMILES string of the molecule is CCCCCC(O)C=CC1=C2C[C@H](CCSCC(=O)OCC)C[C@H]2C[C@H]1O. The Bertz CT molecular complexity index is 528. The number of hydrogen-bond donors (Lipinski definition) is 2. The lowest BCUT2D eigenvalue weighted by Crippen LogP contribution is -2.09. The summed E-state index contributed by atoms with van der Waals surface area (Å²) >= 11 is 1.65. The third-order valence-electron chi connectivity index (χ3n) is 5.65. The van der Waals surface area contributed by atoms with E-state index in [0.29, 0.717) is 24.2 Å². The molecular formula is C22H36O4S. The number of fused-ring (bicyclic) bond motifs is 1. The highest BCUT2D eigenvalue weighted by atomic mass is 32.2. The largest absolute Gasteiger partial charge is 0.465 e. The van der Waals surface area contributed by atoms with Gasteiger partial charge in [-0.25, -0.2) is 0 Å². The first-order valence-corrected chi connectivity index (χ1v) is 11.7. The zero-order valence-electron chi connectivity index (χ0n) is 16.9. The molecule has 0 aromatic rings. The van der Waals surface area contributed by atoms with Crippen molar-refractivity contribution in [3.05, 3.63) is 23.3 Å². The van der Waals surface area contributed by atoms with Crippen molar-refractivity contribution in [2.45, 2.75) is 77.4 Å². The van der Waals surface area contributed by atoms with Gasteiger partial charge in [-0.05, 0) is 62.2 Å². The Hall–Kier alpha value is -0.780. The van der Waals surface area contributed by atoms with Crippen LogP contribution in [0, 0.1) is 11.8 Å². The summed E-state index contributed by atoms with van der Waals surface area (Å²) in [5.41, 5.74) is 2.45. The Balaban J connectivity index is 1.79. The molecule has 1 unspecified atom stereocenters.